The molecule has 26 heavy (non-hydrogen) atoms. The van der Waals surface area contributed by atoms with Crippen LogP contribution in [0.1, 0.15) is 22.8 Å². The second-order valence-corrected chi connectivity index (χ2v) is 6.79. The number of thioether (sulfide) groups is 1. The van der Waals surface area contributed by atoms with Gasteiger partial charge in [-0.1, -0.05) is 41.6 Å². The Hall–Kier alpha value is -2.66. The molecule has 0 spiro atoms. The van der Waals surface area contributed by atoms with Crippen molar-refractivity contribution >= 4 is 17.5 Å². The zero-order valence-electron chi connectivity index (χ0n) is 14.8. The van der Waals surface area contributed by atoms with Crippen LogP contribution in [-0.2, 0) is 0 Å². The maximum Gasteiger partial charge on any atom is 0.173 e. The molecule has 0 unspecified atom stereocenters. The van der Waals surface area contributed by atoms with Gasteiger partial charge in [0.15, 0.2) is 5.78 Å². The number of carbonyl (C=O) groups excluding carboxylic acids is 1. The van der Waals surface area contributed by atoms with Crippen molar-refractivity contribution < 1.29 is 9.53 Å². The molecule has 1 aromatic heterocycles. The Balaban J connectivity index is 1.60. The van der Waals surface area contributed by atoms with E-state index in [0.717, 1.165) is 33.2 Å². The fourth-order valence-corrected chi connectivity index (χ4v) is 3.11. The van der Waals surface area contributed by atoms with Gasteiger partial charge < -0.3 is 4.74 Å². The molecule has 0 saturated heterocycles. The van der Waals surface area contributed by atoms with Gasteiger partial charge in [-0.25, -0.2) is 0 Å². The van der Waals surface area contributed by atoms with Crippen molar-refractivity contribution in [2.24, 2.45) is 0 Å². The van der Waals surface area contributed by atoms with Gasteiger partial charge in [-0.3, -0.25) is 4.79 Å². The Morgan fingerprint density at radius 3 is 2.31 bits per heavy atom. The summed E-state index contributed by atoms with van der Waals surface area (Å²) < 4.78 is 5.44. The fraction of sp³-hybridized carbons (Fsp3) is 0.190. The van der Waals surface area contributed by atoms with Crippen LogP contribution >= 0.6 is 11.8 Å². The van der Waals surface area contributed by atoms with Crippen LogP contribution in [0.3, 0.4) is 0 Å². The highest BCUT2D eigenvalue weighted by Gasteiger charge is 2.08. The van der Waals surface area contributed by atoms with E-state index in [9.17, 15) is 4.79 Å². The molecule has 0 N–H and O–H groups in total. The highest BCUT2D eigenvalue weighted by atomic mass is 32.2. The second-order valence-electron chi connectivity index (χ2n) is 5.79. The summed E-state index contributed by atoms with van der Waals surface area (Å²) >= 11 is 1.40. The molecule has 0 bridgehead atoms. The minimum atomic E-state index is 0.0902. The summed E-state index contributed by atoms with van der Waals surface area (Å²) in [6.45, 7) is 4.61. The van der Waals surface area contributed by atoms with Crippen LogP contribution in [0, 0.1) is 6.92 Å². The monoisotopic (exact) mass is 364 g/mol. The van der Waals surface area contributed by atoms with Gasteiger partial charge in [0, 0.05) is 11.1 Å². The number of rotatable bonds is 7. The molecule has 0 aliphatic carbocycles. The van der Waals surface area contributed by atoms with Gasteiger partial charge in [-0.15, -0.1) is 10.2 Å². The normalized spacial score (nSPS) is 10.5. The van der Waals surface area contributed by atoms with Crippen molar-refractivity contribution in [2.45, 2.75) is 18.9 Å². The predicted octanol–water partition coefficient (Wildman–Crippen LogP) is 4.83. The Morgan fingerprint density at radius 1 is 0.962 bits per heavy atom. The van der Waals surface area contributed by atoms with E-state index in [1.807, 2.05) is 74.5 Å². The Labute approximate surface area is 157 Å². The van der Waals surface area contributed by atoms with E-state index < -0.39 is 0 Å². The van der Waals surface area contributed by atoms with Gasteiger partial charge in [-0.2, -0.15) is 0 Å². The molecular weight excluding hydrogens is 344 g/mol. The van der Waals surface area contributed by atoms with Crippen molar-refractivity contribution in [2.75, 3.05) is 12.4 Å². The summed E-state index contributed by atoms with van der Waals surface area (Å²) in [6, 6.07) is 19.2. The van der Waals surface area contributed by atoms with Crippen LogP contribution in [0.4, 0.5) is 0 Å². The number of aryl methyl sites for hydroxylation is 1. The lowest BCUT2D eigenvalue weighted by atomic mass is 10.1. The van der Waals surface area contributed by atoms with E-state index in [0.29, 0.717) is 12.4 Å². The molecule has 0 radical (unpaired) electrons. The number of nitrogens with zero attached hydrogens (tertiary/aromatic N) is 2. The SMILES string of the molecule is CCOc1ccc(-c2ccc(SCC(=O)c3ccc(C)cc3)nn2)cc1. The van der Waals surface area contributed by atoms with Gasteiger partial charge in [0.05, 0.1) is 18.1 Å². The molecule has 0 saturated carbocycles. The van der Waals surface area contributed by atoms with Crippen molar-refractivity contribution in [3.8, 4) is 17.0 Å². The number of aromatic nitrogens is 2. The van der Waals surface area contributed by atoms with E-state index in [2.05, 4.69) is 10.2 Å². The van der Waals surface area contributed by atoms with Crippen molar-refractivity contribution in [1.82, 2.24) is 10.2 Å². The number of ether oxygens (including phenoxy) is 1. The molecule has 1 heterocycles. The van der Waals surface area contributed by atoms with E-state index in [1.54, 1.807) is 0 Å². The van der Waals surface area contributed by atoms with Crippen LogP contribution in [0.2, 0.25) is 0 Å². The number of hydrogen-bond acceptors (Lipinski definition) is 5. The third-order valence-electron chi connectivity index (χ3n) is 3.83. The van der Waals surface area contributed by atoms with Gasteiger partial charge in [0.25, 0.3) is 0 Å². The van der Waals surface area contributed by atoms with Crippen LogP contribution in [0.15, 0.2) is 65.7 Å². The quantitative estimate of drug-likeness (QED) is 0.444. The Bertz CT molecular complexity index is 860. The Morgan fingerprint density at radius 2 is 1.69 bits per heavy atom. The number of ketones is 1. The second kappa shape index (κ2) is 8.63. The topological polar surface area (TPSA) is 52.1 Å². The predicted molar refractivity (Wildman–Crippen MR) is 105 cm³/mol. The summed E-state index contributed by atoms with van der Waals surface area (Å²) in [5.41, 5.74) is 3.64. The van der Waals surface area contributed by atoms with Gasteiger partial charge in [-0.05, 0) is 50.2 Å². The molecule has 5 heteroatoms. The van der Waals surface area contributed by atoms with Gasteiger partial charge >= 0.3 is 0 Å². The largest absolute Gasteiger partial charge is 0.494 e. The first-order valence-corrected chi connectivity index (χ1v) is 9.44. The third kappa shape index (κ3) is 4.70. The summed E-state index contributed by atoms with van der Waals surface area (Å²) in [5, 5.41) is 9.22. The Kier molecular flexibility index (Phi) is 6.02. The molecule has 132 valence electrons. The molecule has 0 aliphatic heterocycles. The van der Waals surface area contributed by atoms with E-state index in [1.165, 1.54) is 11.8 Å². The molecule has 4 nitrogen and oxygen atoms in total. The van der Waals surface area contributed by atoms with Crippen molar-refractivity contribution in [3.05, 3.63) is 71.8 Å². The summed E-state index contributed by atoms with van der Waals surface area (Å²) in [5.74, 6) is 1.28. The van der Waals surface area contributed by atoms with E-state index >= 15 is 0 Å². The first-order valence-electron chi connectivity index (χ1n) is 8.45. The zero-order chi connectivity index (χ0) is 18.4. The smallest absolute Gasteiger partial charge is 0.173 e. The van der Waals surface area contributed by atoms with Crippen LogP contribution in [-0.4, -0.2) is 28.3 Å². The first kappa shape index (κ1) is 18.1. The standard InChI is InChI=1S/C21H20N2O2S/c1-3-25-18-10-8-16(9-11-18)19-12-13-21(23-22-19)26-14-20(24)17-6-4-15(2)5-7-17/h4-13H,3,14H2,1-2H3. The number of carbonyl (C=O) groups is 1. The lowest BCUT2D eigenvalue weighted by Crippen LogP contribution is -2.02. The average molecular weight is 364 g/mol. The molecule has 0 atom stereocenters. The number of benzene rings is 2. The molecule has 0 aliphatic rings. The summed E-state index contributed by atoms with van der Waals surface area (Å²) in [7, 11) is 0. The molecule has 0 amide bonds. The summed E-state index contributed by atoms with van der Waals surface area (Å²) in [4.78, 5) is 12.2. The van der Waals surface area contributed by atoms with Crippen LogP contribution in [0.25, 0.3) is 11.3 Å². The van der Waals surface area contributed by atoms with E-state index in [4.69, 9.17) is 4.74 Å². The van der Waals surface area contributed by atoms with E-state index in [-0.39, 0.29) is 5.78 Å². The minimum absolute atomic E-state index is 0.0902. The maximum absolute atomic E-state index is 12.2. The summed E-state index contributed by atoms with van der Waals surface area (Å²) in [6.07, 6.45) is 0. The average Bonchev–Trinajstić information content (AvgIpc) is 2.68. The highest BCUT2D eigenvalue weighted by Crippen LogP contribution is 2.22. The fourth-order valence-electron chi connectivity index (χ4n) is 2.40. The first-order chi connectivity index (χ1) is 12.7. The molecule has 2 aromatic carbocycles. The molecule has 0 fully saturated rings. The van der Waals surface area contributed by atoms with Crippen molar-refractivity contribution in [1.29, 1.82) is 0 Å². The third-order valence-corrected chi connectivity index (χ3v) is 4.75. The van der Waals surface area contributed by atoms with Gasteiger partial charge in [0.1, 0.15) is 10.8 Å². The van der Waals surface area contributed by atoms with Crippen molar-refractivity contribution in [3.63, 3.8) is 0 Å². The van der Waals surface area contributed by atoms with Crippen LogP contribution < -0.4 is 4.74 Å². The lowest BCUT2D eigenvalue weighted by molar-refractivity contribution is 0.102. The lowest BCUT2D eigenvalue weighted by Gasteiger charge is -2.05. The number of hydrogen-bond donors (Lipinski definition) is 0. The van der Waals surface area contributed by atoms with Gasteiger partial charge in [0.2, 0.25) is 0 Å². The maximum atomic E-state index is 12.2. The zero-order valence-corrected chi connectivity index (χ0v) is 15.6. The van der Waals surface area contributed by atoms with Crippen LogP contribution in [0.5, 0.6) is 5.75 Å². The minimum Gasteiger partial charge on any atom is -0.494 e. The highest BCUT2D eigenvalue weighted by molar-refractivity contribution is 7.99. The number of Topliss-reactive ketones (excluding diaryl/α,β-unsaturated/α-hetero) is 1. The molecule has 3 aromatic rings. The molecule has 3 rings (SSSR count). The molecular formula is C21H20N2O2S.